The number of rotatable bonds is 4. The molecular weight excluding hydrogens is 314 g/mol. The molecule has 0 radical (unpaired) electrons. The Bertz CT molecular complexity index is 778. The summed E-state index contributed by atoms with van der Waals surface area (Å²) < 4.78 is 27.5. The molecule has 2 rings (SSSR count). The van der Waals surface area contributed by atoms with Gasteiger partial charge >= 0.3 is 0 Å². The standard InChI is InChI=1S/C13H14ClN3O3S/c1-20-13-5-2-8(6-10(13)14)17-12-4-3-9(7-11(12)15)21(16,18)19/h2-7,17H,15H2,1H3,(H2,16,18,19). The number of methoxy groups -OCH3 is 1. The summed E-state index contributed by atoms with van der Waals surface area (Å²) >= 11 is 6.03. The lowest BCUT2D eigenvalue weighted by molar-refractivity contribution is 0.415. The van der Waals surface area contributed by atoms with Crippen LogP contribution in [-0.2, 0) is 10.0 Å². The van der Waals surface area contributed by atoms with Crippen LogP contribution in [0.3, 0.4) is 0 Å². The summed E-state index contributed by atoms with van der Waals surface area (Å²) in [5.74, 6) is 0.555. The highest BCUT2D eigenvalue weighted by Gasteiger charge is 2.10. The van der Waals surface area contributed by atoms with Crippen molar-refractivity contribution in [2.24, 2.45) is 5.14 Å². The smallest absolute Gasteiger partial charge is 0.238 e. The lowest BCUT2D eigenvalue weighted by atomic mass is 10.2. The number of benzene rings is 2. The highest BCUT2D eigenvalue weighted by atomic mass is 35.5. The minimum absolute atomic E-state index is 0.0432. The molecule has 0 heterocycles. The van der Waals surface area contributed by atoms with Crippen LogP contribution in [0.4, 0.5) is 17.1 Å². The maximum Gasteiger partial charge on any atom is 0.238 e. The van der Waals surface area contributed by atoms with Crippen LogP contribution in [0, 0.1) is 0 Å². The van der Waals surface area contributed by atoms with Crippen molar-refractivity contribution in [1.29, 1.82) is 0 Å². The zero-order valence-corrected chi connectivity index (χ0v) is 12.7. The summed E-state index contributed by atoms with van der Waals surface area (Å²) in [6, 6.07) is 9.35. The van der Waals surface area contributed by atoms with Crippen LogP contribution in [-0.4, -0.2) is 15.5 Å². The SMILES string of the molecule is COc1ccc(Nc2ccc(S(N)(=O)=O)cc2N)cc1Cl. The number of halogens is 1. The van der Waals surface area contributed by atoms with Crippen molar-refractivity contribution in [1.82, 2.24) is 0 Å². The monoisotopic (exact) mass is 327 g/mol. The predicted octanol–water partition coefficient (Wildman–Crippen LogP) is 2.32. The van der Waals surface area contributed by atoms with Gasteiger partial charge in [-0.2, -0.15) is 0 Å². The van der Waals surface area contributed by atoms with E-state index in [0.29, 0.717) is 22.1 Å². The van der Waals surface area contributed by atoms with Crippen molar-refractivity contribution in [2.45, 2.75) is 4.90 Å². The highest BCUT2D eigenvalue weighted by Crippen LogP contribution is 2.31. The Morgan fingerprint density at radius 3 is 2.43 bits per heavy atom. The Morgan fingerprint density at radius 2 is 1.90 bits per heavy atom. The van der Waals surface area contributed by atoms with Crippen LogP contribution in [0.15, 0.2) is 41.3 Å². The van der Waals surface area contributed by atoms with Crippen molar-refractivity contribution in [2.75, 3.05) is 18.2 Å². The van der Waals surface area contributed by atoms with Gasteiger partial charge < -0.3 is 15.8 Å². The first-order chi connectivity index (χ1) is 9.81. The number of anilines is 3. The highest BCUT2D eigenvalue weighted by molar-refractivity contribution is 7.89. The van der Waals surface area contributed by atoms with Gasteiger partial charge in [-0.25, -0.2) is 13.6 Å². The first kappa shape index (κ1) is 15.4. The fourth-order valence-electron chi connectivity index (χ4n) is 1.73. The Labute approximate surface area is 127 Å². The van der Waals surface area contributed by atoms with Crippen molar-refractivity contribution in [3.05, 3.63) is 41.4 Å². The minimum Gasteiger partial charge on any atom is -0.495 e. The molecule has 112 valence electrons. The van der Waals surface area contributed by atoms with Gasteiger partial charge in [0, 0.05) is 5.69 Å². The first-order valence-electron chi connectivity index (χ1n) is 5.84. The van der Waals surface area contributed by atoms with Gasteiger partial charge in [-0.3, -0.25) is 0 Å². The van der Waals surface area contributed by atoms with E-state index in [2.05, 4.69) is 5.32 Å². The average molecular weight is 328 g/mol. The molecule has 0 aliphatic carbocycles. The zero-order valence-electron chi connectivity index (χ0n) is 11.1. The molecule has 21 heavy (non-hydrogen) atoms. The van der Waals surface area contributed by atoms with Gasteiger partial charge in [0.15, 0.2) is 0 Å². The molecule has 8 heteroatoms. The topological polar surface area (TPSA) is 107 Å². The molecule has 2 aromatic rings. The predicted molar refractivity (Wildman–Crippen MR) is 83.5 cm³/mol. The maximum absolute atomic E-state index is 11.2. The molecular formula is C13H14ClN3O3S. The largest absolute Gasteiger partial charge is 0.495 e. The summed E-state index contributed by atoms with van der Waals surface area (Å²) in [4.78, 5) is -0.0432. The molecule has 0 saturated carbocycles. The Morgan fingerprint density at radius 1 is 1.19 bits per heavy atom. The number of primary sulfonamides is 1. The molecule has 0 unspecified atom stereocenters. The van der Waals surface area contributed by atoms with Crippen molar-refractivity contribution >= 4 is 38.7 Å². The van der Waals surface area contributed by atoms with Gasteiger partial charge in [-0.15, -0.1) is 0 Å². The second-order valence-electron chi connectivity index (χ2n) is 4.27. The minimum atomic E-state index is -3.78. The molecule has 0 atom stereocenters. The van der Waals surface area contributed by atoms with Crippen LogP contribution < -0.4 is 20.9 Å². The first-order valence-corrected chi connectivity index (χ1v) is 7.76. The summed E-state index contributed by atoms with van der Waals surface area (Å²) in [5, 5.41) is 8.53. The number of hydrogen-bond acceptors (Lipinski definition) is 5. The van der Waals surface area contributed by atoms with Gasteiger partial charge in [0.2, 0.25) is 10.0 Å². The second kappa shape index (κ2) is 5.80. The number of hydrogen-bond donors (Lipinski definition) is 3. The van der Waals surface area contributed by atoms with E-state index < -0.39 is 10.0 Å². The third kappa shape index (κ3) is 3.57. The van der Waals surface area contributed by atoms with Crippen LogP contribution in [0.25, 0.3) is 0 Å². The third-order valence-electron chi connectivity index (χ3n) is 2.78. The van der Waals surface area contributed by atoms with Crippen molar-refractivity contribution in [3.8, 4) is 5.75 Å². The van der Waals surface area contributed by atoms with Gasteiger partial charge in [0.05, 0.1) is 28.4 Å². The fourth-order valence-corrected chi connectivity index (χ4v) is 2.54. The molecule has 6 nitrogen and oxygen atoms in total. The lowest BCUT2D eigenvalue weighted by Gasteiger charge is -2.12. The maximum atomic E-state index is 11.2. The molecule has 0 spiro atoms. The Kier molecular flexibility index (Phi) is 4.26. The van der Waals surface area contributed by atoms with Crippen LogP contribution in [0.5, 0.6) is 5.75 Å². The summed E-state index contributed by atoms with van der Waals surface area (Å²) in [7, 11) is -2.25. The van der Waals surface area contributed by atoms with Gasteiger partial charge in [0.1, 0.15) is 5.75 Å². The fraction of sp³-hybridized carbons (Fsp3) is 0.0769. The molecule has 0 aliphatic rings. The summed E-state index contributed by atoms with van der Waals surface area (Å²) in [5.41, 5.74) is 7.31. The van der Waals surface area contributed by atoms with Crippen molar-refractivity contribution in [3.63, 3.8) is 0 Å². The van der Waals surface area contributed by atoms with E-state index in [1.165, 1.54) is 25.3 Å². The lowest BCUT2D eigenvalue weighted by Crippen LogP contribution is -2.12. The average Bonchev–Trinajstić information content (AvgIpc) is 2.40. The van der Waals surface area contributed by atoms with Crippen LogP contribution in [0.2, 0.25) is 5.02 Å². The molecule has 0 fully saturated rings. The Hall–Kier alpha value is -1.96. The molecule has 5 N–H and O–H groups in total. The van der Waals surface area contributed by atoms with E-state index in [-0.39, 0.29) is 10.6 Å². The third-order valence-corrected chi connectivity index (χ3v) is 3.99. The molecule has 0 saturated heterocycles. The van der Waals surface area contributed by atoms with Gasteiger partial charge in [0.25, 0.3) is 0 Å². The van der Waals surface area contributed by atoms with E-state index in [4.69, 9.17) is 27.2 Å². The molecule has 0 bridgehead atoms. The quantitative estimate of drug-likeness (QED) is 0.747. The molecule has 0 aromatic heterocycles. The van der Waals surface area contributed by atoms with Crippen molar-refractivity contribution < 1.29 is 13.2 Å². The van der Waals surface area contributed by atoms with E-state index in [1.807, 2.05) is 0 Å². The molecule has 2 aromatic carbocycles. The number of nitrogens with one attached hydrogen (secondary N) is 1. The molecule has 0 amide bonds. The normalized spacial score (nSPS) is 11.2. The number of ether oxygens (including phenoxy) is 1. The number of nitrogen functional groups attached to an aromatic ring is 1. The molecule has 0 aliphatic heterocycles. The van der Waals surface area contributed by atoms with Crippen LogP contribution >= 0.6 is 11.6 Å². The van der Waals surface area contributed by atoms with Gasteiger partial charge in [-0.1, -0.05) is 11.6 Å². The number of nitrogens with two attached hydrogens (primary N) is 2. The van der Waals surface area contributed by atoms with E-state index in [9.17, 15) is 8.42 Å². The number of sulfonamides is 1. The van der Waals surface area contributed by atoms with Crippen LogP contribution in [0.1, 0.15) is 0 Å². The zero-order chi connectivity index (χ0) is 15.6. The summed E-state index contributed by atoms with van der Waals surface area (Å²) in [6.45, 7) is 0. The van der Waals surface area contributed by atoms with E-state index in [0.717, 1.165) is 0 Å². The summed E-state index contributed by atoms with van der Waals surface area (Å²) in [6.07, 6.45) is 0. The Balaban J connectivity index is 2.30. The second-order valence-corrected chi connectivity index (χ2v) is 6.24. The van der Waals surface area contributed by atoms with E-state index in [1.54, 1.807) is 18.2 Å². The van der Waals surface area contributed by atoms with Gasteiger partial charge in [-0.05, 0) is 36.4 Å². The van der Waals surface area contributed by atoms with E-state index >= 15 is 0 Å².